The molecule has 12 heteroatoms. The maximum Gasteiger partial charge on any atom is 0.207 e. The zero-order valence-electron chi connectivity index (χ0n) is 9.30. The van der Waals surface area contributed by atoms with Gasteiger partial charge in [0.2, 0.25) is 6.19 Å². The Hall–Kier alpha value is 3.70. The first-order valence-corrected chi connectivity index (χ1v) is 13.4. The van der Waals surface area contributed by atoms with E-state index in [0.29, 0.717) is 15.9 Å². The van der Waals surface area contributed by atoms with E-state index in [9.17, 15) is 0 Å². The third-order valence-corrected chi connectivity index (χ3v) is 16.6. The average molecular weight is 834 g/mol. The van der Waals surface area contributed by atoms with Gasteiger partial charge in [-0.3, -0.25) is 0 Å². The van der Waals surface area contributed by atoms with Crippen molar-refractivity contribution in [2.24, 2.45) is 4.99 Å². The van der Waals surface area contributed by atoms with Crippen LogP contribution in [-0.2, 0) is 0 Å². The number of alkyl halides is 8. The number of aliphatic imine (C=N–C) groups is 1. The molecule has 20 heavy (non-hydrogen) atoms. The van der Waals surface area contributed by atoms with Gasteiger partial charge in [0.1, 0.15) is 10.8 Å². The Morgan fingerprint density at radius 3 is 1.55 bits per heavy atom. The van der Waals surface area contributed by atoms with Crippen LogP contribution in [0, 0.1) is 11.5 Å². The van der Waals surface area contributed by atoms with Crippen molar-refractivity contribution in [3.63, 3.8) is 0 Å². The minimum absolute atomic E-state index is 0.0456. The summed E-state index contributed by atoms with van der Waals surface area (Å²) in [6.45, 7) is 0. The van der Waals surface area contributed by atoms with E-state index in [2.05, 4.69) is 132 Å². The SMILES string of the molecule is N#CN=C(SCC(Br)(Br)C(Br)Br)SCC(Br)(Br)C(Br)Br. The quantitative estimate of drug-likeness (QED) is 0.121. The first kappa shape index (κ1) is 23.7. The second-order valence-corrected chi connectivity index (χ2v) is 19.3. The van der Waals surface area contributed by atoms with E-state index in [0.717, 1.165) is 0 Å². The maximum absolute atomic E-state index is 8.77. The van der Waals surface area contributed by atoms with Crippen molar-refractivity contribution >= 4 is 155 Å². The van der Waals surface area contributed by atoms with Crippen LogP contribution in [0.1, 0.15) is 0 Å². The number of hydrogen-bond donors (Lipinski definition) is 0. The van der Waals surface area contributed by atoms with Crippen LogP contribution in [0.2, 0.25) is 0 Å². The van der Waals surface area contributed by atoms with Crippen molar-refractivity contribution in [2.75, 3.05) is 11.5 Å². The van der Waals surface area contributed by atoms with Gasteiger partial charge in [-0.05, 0) is 0 Å². The Bertz CT molecular complexity index is 353. The van der Waals surface area contributed by atoms with Gasteiger partial charge < -0.3 is 0 Å². The van der Waals surface area contributed by atoms with E-state index in [1.165, 1.54) is 23.5 Å². The molecule has 0 fully saturated rings. The van der Waals surface area contributed by atoms with Gasteiger partial charge in [0, 0.05) is 11.5 Å². The Balaban J connectivity index is 4.56. The lowest BCUT2D eigenvalue weighted by Crippen LogP contribution is -2.25. The molecule has 0 aliphatic carbocycles. The monoisotopic (exact) mass is 825 g/mol. The van der Waals surface area contributed by atoms with Crippen LogP contribution >= 0.6 is 151 Å². The van der Waals surface area contributed by atoms with Crippen LogP contribution in [-0.4, -0.2) is 29.8 Å². The Morgan fingerprint density at radius 2 is 1.30 bits per heavy atom. The number of halogens is 8. The molecule has 0 aromatic carbocycles. The smallest absolute Gasteiger partial charge is 0.170 e. The lowest BCUT2D eigenvalue weighted by Gasteiger charge is -2.23. The molecule has 0 bridgehead atoms. The van der Waals surface area contributed by atoms with Crippen LogP contribution in [0.15, 0.2) is 4.99 Å². The van der Waals surface area contributed by atoms with Crippen molar-refractivity contribution in [2.45, 2.75) is 13.9 Å². The zero-order chi connectivity index (χ0) is 16.0. The molecule has 0 saturated carbocycles. The molecule has 0 saturated heterocycles. The second kappa shape index (κ2) is 11.3. The summed E-state index contributed by atoms with van der Waals surface area (Å²) >= 11 is 31.0. The topological polar surface area (TPSA) is 36.1 Å². The summed E-state index contributed by atoms with van der Waals surface area (Å²) in [6.07, 6.45) is 1.84. The summed E-state index contributed by atoms with van der Waals surface area (Å²) < 4.78 is 0.150. The van der Waals surface area contributed by atoms with E-state index in [4.69, 9.17) is 5.26 Å². The van der Waals surface area contributed by atoms with Gasteiger partial charge in [-0.15, -0.1) is 0 Å². The van der Waals surface area contributed by atoms with E-state index < -0.39 is 0 Å². The van der Waals surface area contributed by atoms with Crippen molar-refractivity contribution in [3.05, 3.63) is 0 Å². The molecule has 0 amide bonds. The molecule has 0 unspecified atom stereocenters. The van der Waals surface area contributed by atoms with Crippen LogP contribution in [0.5, 0.6) is 0 Å². The normalized spacial score (nSPS) is 12.7. The van der Waals surface area contributed by atoms with Crippen molar-refractivity contribution in [1.29, 1.82) is 5.26 Å². The molecule has 0 aromatic heterocycles. The van der Waals surface area contributed by atoms with Crippen LogP contribution in [0.4, 0.5) is 0 Å². The average Bonchev–Trinajstić information content (AvgIpc) is 2.32. The van der Waals surface area contributed by atoms with Gasteiger partial charge in [-0.25, -0.2) is 0 Å². The van der Waals surface area contributed by atoms with Crippen molar-refractivity contribution < 1.29 is 0 Å². The molecule has 0 radical (unpaired) electrons. The number of rotatable bonds is 6. The molecule has 0 heterocycles. The first-order chi connectivity index (χ1) is 9.03. The molecule has 0 aliphatic rings. The highest BCUT2D eigenvalue weighted by Gasteiger charge is 2.33. The first-order valence-electron chi connectivity index (χ1n) is 4.57. The molecule has 0 N–H and O–H groups in total. The number of thioether (sulfide) groups is 2. The van der Waals surface area contributed by atoms with Gasteiger partial charge >= 0.3 is 0 Å². The second-order valence-electron chi connectivity index (χ2n) is 3.18. The molecular weight excluding hydrogens is 827 g/mol. The van der Waals surface area contributed by atoms with E-state index >= 15 is 0 Å². The van der Waals surface area contributed by atoms with Gasteiger partial charge in [-0.1, -0.05) is 151 Å². The lowest BCUT2D eigenvalue weighted by molar-refractivity contribution is 1.09. The molecule has 2 nitrogen and oxygen atoms in total. The summed E-state index contributed by atoms with van der Waals surface area (Å²) in [4.78, 5) is 3.85. The fourth-order valence-corrected chi connectivity index (χ4v) is 5.33. The predicted octanol–water partition coefficient (Wildman–Crippen LogP) is 7.49. The molecule has 0 aromatic rings. The maximum atomic E-state index is 8.77. The van der Waals surface area contributed by atoms with Crippen molar-refractivity contribution in [3.8, 4) is 6.19 Å². The Labute approximate surface area is 194 Å². The zero-order valence-corrected chi connectivity index (χ0v) is 23.6. The van der Waals surface area contributed by atoms with Crippen LogP contribution < -0.4 is 0 Å². The standard InChI is InChI=1S/C8H6Br8N2S2/c9-4(10)7(13,14)1-19-6(18-3-17)20-2-8(15,16)5(11)12/h4-5H,1-2H2. The van der Waals surface area contributed by atoms with Gasteiger partial charge in [0.25, 0.3) is 0 Å². The minimum Gasteiger partial charge on any atom is -0.170 e. The van der Waals surface area contributed by atoms with Crippen LogP contribution in [0.25, 0.3) is 0 Å². The fourth-order valence-electron chi connectivity index (χ4n) is 0.589. The molecule has 116 valence electrons. The van der Waals surface area contributed by atoms with E-state index in [1.807, 2.05) is 6.19 Å². The summed E-state index contributed by atoms with van der Waals surface area (Å²) in [5, 5.41) is 8.77. The van der Waals surface area contributed by atoms with Crippen LogP contribution in [0.3, 0.4) is 0 Å². The Morgan fingerprint density at radius 1 is 0.950 bits per heavy atom. The van der Waals surface area contributed by atoms with Gasteiger partial charge in [-0.2, -0.15) is 10.3 Å². The molecule has 0 rings (SSSR count). The molecular formula is C8H6Br8N2S2. The highest BCUT2D eigenvalue weighted by atomic mass is 79.9. The Kier molecular flexibility index (Phi) is 13.4. The van der Waals surface area contributed by atoms with Gasteiger partial charge in [0.15, 0.2) is 0 Å². The predicted molar refractivity (Wildman–Crippen MR) is 122 cm³/mol. The van der Waals surface area contributed by atoms with Gasteiger partial charge in [0.05, 0.1) is 7.47 Å². The summed E-state index contributed by atoms with van der Waals surface area (Å²) in [6, 6.07) is 0. The summed E-state index contributed by atoms with van der Waals surface area (Å²) in [5.41, 5.74) is 0. The number of nitriles is 1. The van der Waals surface area contributed by atoms with E-state index in [-0.39, 0.29) is 13.9 Å². The van der Waals surface area contributed by atoms with E-state index in [1.54, 1.807) is 0 Å². The largest absolute Gasteiger partial charge is 0.207 e. The van der Waals surface area contributed by atoms with Crippen molar-refractivity contribution in [1.82, 2.24) is 0 Å². The summed E-state index contributed by atoms with van der Waals surface area (Å²) in [7, 11) is 0. The third-order valence-electron chi connectivity index (χ3n) is 1.56. The number of hydrogen-bond acceptors (Lipinski definition) is 4. The molecule has 0 spiro atoms. The lowest BCUT2D eigenvalue weighted by atomic mass is 10.6. The molecule has 0 atom stereocenters. The highest BCUT2D eigenvalue weighted by molar-refractivity contribution is 9.30. The summed E-state index contributed by atoms with van der Waals surface area (Å²) in [5.74, 6) is 1.37. The molecule has 0 aliphatic heterocycles. The third kappa shape index (κ3) is 9.87. The highest BCUT2D eigenvalue weighted by Crippen LogP contribution is 2.44. The minimum atomic E-state index is -0.325. The fraction of sp³-hybridized carbons (Fsp3) is 0.750. The number of nitrogens with zero attached hydrogens (tertiary/aromatic N) is 2.